The zero-order valence-electron chi connectivity index (χ0n) is 15.7. The Morgan fingerprint density at radius 1 is 1.11 bits per heavy atom. The number of carbonyl (C=O) groups excluding carboxylic acids is 1. The molecule has 1 N–H and O–H groups in total. The number of fused-ring (bicyclic) bond motifs is 1. The molecular weight excluding hydrogens is 422 g/mol. The lowest BCUT2D eigenvalue weighted by Crippen LogP contribution is -2.22. The van der Waals surface area contributed by atoms with Crippen LogP contribution in [0.25, 0.3) is 0 Å². The van der Waals surface area contributed by atoms with E-state index in [0.717, 1.165) is 32.7 Å². The summed E-state index contributed by atoms with van der Waals surface area (Å²) in [5.74, 6) is 1.34. The Balaban J connectivity index is 1.38. The van der Waals surface area contributed by atoms with Crippen LogP contribution < -0.4 is 14.8 Å². The Labute approximate surface area is 171 Å². The molecule has 1 aliphatic rings. The van der Waals surface area contributed by atoms with Crippen molar-refractivity contribution in [1.82, 2.24) is 15.1 Å². The fourth-order valence-electron chi connectivity index (χ4n) is 3.10. The number of ether oxygens (including phenoxy) is 2. The first-order valence-electron chi connectivity index (χ1n) is 8.96. The van der Waals surface area contributed by atoms with E-state index in [0.29, 0.717) is 24.4 Å². The van der Waals surface area contributed by atoms with Crippen LogP contribution in [-0.2, 0) is 13.1 Å². The quantitative estimate of drug-likeness (QED) is 0.650. The zero-order chi connectivity index (χ0) is 19.7. The number of rotatable bonds is 5. The Morgan fingerprint density at radius 2 is 1.82 bits per heavy atom. The molecule has 0 bridgehead atoms. The highest BCUT2D eigenvalue weighted by molar-refractivity contribution is 9.10. The summed E-state index contributed by atoms with van der Waals surface area (Å²) < 4.78 is 13.7. The number of hydrogen-bond donors (Lipinski definition) is 1. The molecule has 0 radical (unpaired) electrons. The number of nitrogens with zero attached hydrogens (tertiary/aromatic N) is 2. The lowest BCUT2D eigenvalue weighted by Gasteiger charge is -2.08. The first-order valence-corrected chi connectivity index (χ1v) is 9.76. The smallest absolute Gasteiger partial charge is 0.251 e. The number of halogens is 1. The van der Waals surface area contributed by atoms with Crippen LogP contribution in [0.15, 0.2) is 46.9 Å². The average Bonchev–Trinajstić information content (AvgIpc) is 3.27. The van der Waals surface area contributed by atoms with Crippen LogP contribution in [0.5, 0.6) is 11.5 Å². The van der Waals surface area contributed by atoms with Gasteiger partial charge in [-0.05, 0) is 65.2 Å². The summed E-state index contributed by atoms with van der Waals surface area (Å²) in [7, 11) is 0. The van der Waals surface area contributed by atoms with Gasteiger partial charge in [0.25, 0.3) is 5.91 Å². The highest BCUT2D eigenvalue weighted by Crippen LogP contribution is 2.32. The molecule has 0 spiro atoms. The van der Waals surface area contributed by atoms with Crippen LogP contribution in [-0.4, -0.2) is 22.5 Å². The molecule has 1 aromatic heterocycles. The van der Waals surface area contributed by atoms with E-state index in [1.165, 1.54) is 0 Å². The molecule has 0 unspecified atom stereocenters. The molecule has 2 heterocycles. The Morgan fingerprint density at radius 3 is 2.54 bits per heavy atom. The summed E-state index contributed by atoms with van der Waals surface area (Å²) >= 11 is 3.55. The molecule has 28 heavy (non-hydrogen) atoms. The van der Waals surface area contributed by atoms with Gasteiger partial charge in [-0.25, -0.2) is 0 Å². The molecule has 1 amide bonds. The molecule has 0 saturated heterocycles. The van der Waals surface area contributed by atoms with Crippen molar-refractivity contribution in [1.29, 1.82) is 0 Å². The van der Waals surface area contributed by atoms with E-state index < -0.39 is 0 Å². The molecule has 4 rings (SSSR count). The van der Waals surface area contributed by atoms with Crippen LogP contribution in [0, 0.1) is 13.8 Å². The molecule has 144 valence electrons. The minimum absolute atomic E-state index is 0.113. The van der Waals surface area contributed by atoms with E-state index in [9.17, 15) is 4.79 Å². The maximum Gasteiger partial charge on any atom is 0.251 e. The number of aromatic nitrogens is 2. The van der Waals surface area contributed by atoms with Gasteiger partial charge in [0, 0.05) is 12.1 Å². The van der Waals surface area contributed by atoms with Crippen molar-refractivity contribution in [3.63, 3.8) is 0 Å². The van der Waals surface area contributed by atoms with Gasteiger partial charge in [-0.15, -0.1) is 0 Å². The second-order valence-corrected chi connectivity index (χ2v) is 7.50. The highest BCUT2D eigenvalue weighted by atomic mass is 79.9. The summed E-state index contributed by atoms with van der Waals surface area (Å²) in [5.41, 5.74) is 4.73. The molecule has 3 aromatic rings. The molecule has 0 aliphatic carbocycles. The normalized spacial score (nSPS) is 12.2. The second kappa shape index (κ2) is 7.67. The van der Waals surface area contributed by atoms with Gasteiger partial charge >= 0.3 is 0 Å². The standard InChI is InChI=1S/C21H20BrN3O3/c1-13-20(22)14(2)25(24-13)11-15-3-6-17(7-4-15)21(26)23-10-16-5-8-18-19(9-16)28-12-27-18/h3-9H,10-12H2,1-2H3,(H,23,26). The van der Waals surface area contributed by atoms with Gasteiger partial charge in [0.2, 0.25) is 6.79 Å². The van der Waals surface area contributed by atoms with E-state index in [1.54, 1.807) is 0 Å². The summed E-state index contributed by atoms with van der Waals surface area (Å²) in [4.78, 5) is 12.4. The number of amides is 1. The van der Waals surface area contributed by atoms with E-state index in [-0.39, 0.29) is 12.7 Å². The first-order chi connectivity index (χ1) is 13.5. The summed E-state index contributed by atoms with van der Waals surface area (Å²) in [6.07, 6.45) is 0. The van der Waals surface area contributed by atoms with Crippen LogP contribution in [0.2, 0.25) is 0 Å². The monoisotopic (exact) mass is 441 g/mol. The lowest BCUT2D eigenvalue weighted by atomic mass is 10.1. The molecule has 0 fully saturated rings. The maximum absolute atomic E-state index is 12.4. The van der Waals surface area contributed by atoms with Crippen molar-refractivity contribution < 1.29 is 14.3 Å². The fourth-order valence-corrected chi connectivity index (χ4v) is 3.38. The Hall–Kier alpha value is -2.80. The predicted octanol–water partition coefficient (Wildman–Crippen LogP) is 3.97. The Kier molecular flexibility index (Phi) is 5.09. The maximum atomic E-state index is 12.4. The van der Waals surface area contributed by atoms with Gasteiger partial charge in [-0.3, -0.25) is 9.48 Å². The third kappa shape index (κ3) is 3.75. The third-order valence-corrected chi connectivity index (χ3v) is 5.88. The molecule has 0 saturated carbocycles. The lowest BCUT2D eigenvalue weighted by molar-refractivity contribution is 0.0951. The zero-order valence-corrected chi connectivity index (χ0v) is 17.2. The molecule has 7 heteroatoms. The van der Waals surface area contributed by atoms with Crippen molar-refractivity contribution in [2.24, 2.45) is 0 Å². The van der Waals surface area contributed by atoms with Crippen molar-refractivity contribution in [3.8, 4) is 11.5 Å². The third-order valence-electron chi connectivity index (χ3n) is 4.73. The topological polar surface area (TPSA) is 65.4 Å². The minimum atomic E-state index is -0.113. The van der Waals surface area contributed by atoms with Crippen LogP contribution >= 0.6 is 15.9 Å². The van der Waals surface area contributed by atoms with Crippen molar-refractivity contribution in [3.05, 3.63) is 75.0 Å². The Bertz CT molecular complexity index is 1030. The number of hydrogen-bond acceptors (Lipinski definition) is 4. The number of nitrogens with one attached hydrogen (secondary N) is 1. The van der Waals surface area contributed by atoms with Crippen LogP contribution in [0.3, 0.4) is 0 Å². The predicted molar refractivity (Wildman–Crippen MR) is 109 cm³/mol. The molecule has 2 aromatic carbocycles. The van der Waals surface area contributed by atoms with Crippen LogP contribution in [0.1, 0.15) is 32.9 Å². The average molecular weight is 442 g/mol. The second-order valence-electron chi connectivity index (χ2n) is 6.71. The first kappa shape index (κ1) is 18.6. The van der Waals surface area contributed by atoms with Gasteiger partial charge in [-0.2, -0.15) is 5.10 Å². The summed E-state index contributed by atoms with van der Waals surface area (Å²) in [6.45, 7) is 5.34. The van der Waals surface area contributed by atoms with Crippen molar-refractivity contribution >= 4 is 21.8 Å². The SMILES string of the molecule is Cc1nn(Cc2ccc(C(=O)NCc3ccc4c(c3)OCO4)cc2)c(C)c1Br. The van der Waals surface area contributed by atoms with E-state index >= 15 is 0 Å². The van der Waals surface area contributed by atoms with Crippen molar-refractivity contribution in [2.45, 2.75) is 26.9 Å². The van der Waals surface area contributed by atoms with Gasteiger partial charge in [0.05, 0.1) is 22.4 Å². The minimum Gasteiger partial charge on any atom is -0.454 e. The number of carbonyl (C=O) groups is 1. The number of aryl methyl sites for hydroxylation is 1. The highest BCUT2D eigenvalue weighted by Gasteiger charge is 2.14. The van der Waals surface area contributed by atoms with Gasteiger partial charge < -0.3 is 14.8 Å². The van der Waals surface area contributed by atoms with E-state index in [1.807, 2.05) is 61.0 Å². The van der Waals surface area contributed by atoms with E-state index in [4.69, 9.17) is 9.47 Å². The number of benzene rings is 2. The van der Waals surface area contributed by atoms with Crippen molar-refractivity contribution in [2.75, 3.05) is 6.79 Å². The largest absolute Gasteiger partial charge is 0.454 e. The summed E-state index contributed by atoms with van der Waals surface area (Å²) in [5, 5.41) is 7.46. The fraction of sp³-hybridized carbons (Fsp3) is 0.238. The molecule has 6 nitrogen and oxygen atoms in total. The van der Waals surface area contributed by atoms with Gasteiger partial charge in [0.15, 0.2) is 11.5 Å². The molecule has 1 aliphatic heterocycles. The molecule has 0 atom stereocenters. The summed E-state index contributed by atoms with van der Waals surface area (Å²) in [6, 6.07) is 13.3. The van der Waals surface area contributed by atoms with E-state index in [2.05, 4.69) is 26.3 Å². The van der Waals surface area contributed by atoms with Gasteiger partial charge in [-0.1, -0.05) is 18.2 Å². The molecular formula is C21H20BrN3O3. The van der Waals surface area contributed by atoms with Crippen LogP contribution in [0.4, 0.5) is 0 Å². The van der Waals surface area contributed by atoms with Gasteiger partial charge in [0.1, 0.15) is 0 Å².